The summed E-state index contributed by atoms with van der Waals surface area (Å²) < 4.78 is 38.8. The normalized spacial score (nSPS) is 13.7. The van der Waals surface area contributed by atoms with Gasteiger partial charge in [-0.25, -0.2) is 0 Å². The fraction of sp³-hybridized carbons (Fsp3) is 0.538. The average Bonchev–Trinajstić information content (AvgIpc) is 2.25. The Kier molecular flexibility index (Phi) is 5.53. The van der Waals surface area contributed by atoms with Gasteiger partial charge in [0.1, 0.15) is 0 Å². The molecule has 0 aromatic heterocycles. The molecule has 0 aliphatic rings. The lowest BCUT2D eigenvalue weighted by Crippen LogP contribution is -2.18. The van der Waals surface area contributed by atoms with Gasteiger partial charge in [0.15, 0.2) is 0 Å². The number of thioether (sulfide) groups is 1. The molecule has 1 aromatic rings. The summed E-state index contributed by atoms with van der Waals surface area (Å²) in [5, 5.41) is 0. The first-order valence-electron chi connectivity index (χ1n) is 5.93. The molecule has 0 aliphatic heterocycles. The van der Waals surface area contributed by atoms with Gasteiger partial charge in [-0.1, -0.05) is 13.0 Å². The van der Waals surface area contributed by atoms with Crippen molar-refractivity contribution in [2.45, 2.75) is 43.8 Å². The van der Waals surface area contributed by atoms with Gasteiger partial charge in [0.2, 0.25) is 0 Å². The topological polar surface area (TPSA) is 26.0 Å². The Hall–Kier alpha value is -0.680. The fourth-order valence-corrected chi connectivity index (χ4v) is 2.55. The van der Waals surface area contributed by atoms with Gasteiger partial charge in [-0.05, 0) is 43.2 Å². The Bertz CT molecular complexity index is 388. The molecule has 0 saturated carbocycles. The van der Waals surface area contributed by atoms with Crippen molar-refractivity contribution in [2.24, 2.45) is 5.73 Å². The molecule has 1 atom stereocenters. The van der Waals surface area contributed by atoms with E-state index in [1.807, 2.05) is 6.92 Å². The number of hydrogen-bond donors (Lipinski definition) is 1. The van der Waals surface area contributed by atoms with E-state index >= 15 is 0 Å². The monoisotopic (exact) mass is 277 g/mol. The van der Waals surface area contributed by atoms with Crippen LogP contribution in [-0.4, -0.2) is 11.8 Å². The zero-order valence-corrected chi connectivity index (χ0v) is 11.4. The SMILES string of the molecule is CCCSc1ccc(CC(C)N)cc1C(F)(F)F. The van der Waals surface area contributed by atoms with Crippen LogP contribution in [0.25, 0.3) is 0 Å². The fourth-order valence-electron chi connectivity index (χ4n) is 1.64. The lowest BCUT2D eigenvalue weighted by molar-refractivity contribution is -0.139. The molecule has 5 heteroatoms. The molecule has 1 rings (SSSR count). The van der Waals surface area contributed by atoms with Crippen LogP contribution in [0.5, 0.6) is 0 Å². The maximum absolute atomic E-state index is 12.9. The van der Waals surface area contributed by atoms with Crippen LogP contribution in [0.15, 0.2) is 23.1 Å². The zero-order chi connectivity index (χ0) is 13.8. The molecule has 0 aliphatic carbocycles. The van der Waals surface area contributed by atoms with Crippen LogP contribution in [0.2, 0.25) is 0 Å². The molecule has 0 amide bonds. The van der Waals surface area contributed by atoms with Crippen molar-refractivity contribution < 1.29 is 13.2 Å². The van der Waals surface area contributed by atoms with Gasteiger partial charge in [-0.2, -0.15) is 13.2 Å². The minimum atomic E-state index is -4.30. The van der Waals surface area contributed by atoms with E-state index in [-0.39, 0.29) is 6.04 Å². The molecule has 1 nitrogen and oxygen atoms in total. The van der Waals surface area contributed by atoms with Gasteiger partial charge < -0.3 is 5.73 Å². The third-order valence-electron chi connectivity index (χ3n) is 2.37. The smallest absolute Gasteiger partial charge is 0.328 e. The summed E-state index contributed by atoms with van der Waals surface area (Å²) in [5.41, 5.74) is 5.71. The second-order valence-electron chi connectivity index (χ2n) is 4.36. The van der Waals surface area contributed by atoms with Crippen molar-refractivity contribution in [3.63, 3.8) is 0 Å². The Balaban J connectivity index is 3.04. The van der Waals surface area contributed by atoms with Crippen LogP contribution >= 0.6 is 11.8 Å². The summed E-state index contributed by atoms with van der Waals surface area (Å²) in [6.07, 6.45) is -2.99. The number of halogens is 3. The van der Waals surface area contributed by atoms with Crippen LogP contribution in [0.4, 0.5) is 13.2 Å². The van der Waals surface area contributed by atoms with E-state index in [4.69, 9.17) is 5.73 Å². The standard InChI is InChI=1S/C13H18F3NS/c1-3-6-18-12-5-4-10(7-9(2)17)8-11(12)13(14,15)16/h4-5,8-9H,3,6-7,17H2,1-2H3. The molecular weight excluding hydrogens is 259 g/mol. The summed E-state index contributed by atoms with van der Waals surface area (Å²) in [4.78, 5) is 0.303. The quantitative estimate of drug-likeness (QED) is 0.820. The minimum Gasteiger partial charge on any atom is -0.328 e. The summed E-state index contributed by atoms with van der Waals surface area (Å²) in [7, 11) is 0. The first-order valence-corrected chi connectivity index (χ1v) is 6.91. The second kappa shape index (κ2) is 6.48. The molecule has 102 valence electrons. The molecule has 0 fully saturated rings. The molecule has 1 aromatic carbocycles. The summed E-state index contributed by atoms with van der Waals surface area (Å²) in [5.74, 6) is 0.690. The molecule has 0 bridgehead atoms. The van der Waals surface area contributed by atoms with Gasteiger partial charge in [0.05, 0.1) is 5.56 Å². The predicted molar refractivity (Wildman–Crippen MR) is 69.8 cm³/mol. The van der Waals surface area contributed by atoms with E-state index in [0.29, 0.717) is 22.6 Å². The molecular formula is C13H18F3NS. The van der Waals surface area contributed by atoms with Crippen molar-refractivity contribution >= 4 is 11.8 Å². The molecule has 0 radical (unpaired) electrons. The second-order valence-corrected chi connectivity index (χ2v) is 5.49. The first kappa shape index (κ1) is 15.4. The van der Waals surface area contributed by atoms with Gasteiger partial charge >= 0.3 is 6.18 Å². The molecule has 2 N–H and O–H groups in total. The van der Waals surface area contributed by atoms with E-state index < -0.39 is 11.7 Å². The van der Waals surface area contributed by atoms with Crippen molar-refractivity contribution in [2.75, 3.05) is 5.75 Å². The lowest BCUT2D eigenvalue weighted by atomic mass is 10.0. The largest absolute Gasteiger partial charge is 0.417 e. The van der Waals surface area contributed by atoms with Crippen molar-refractivity contribution in [1.29, 1.82) is 0 Å². The summed E-state index contributed by atoms with van der Waals surface area (Å²) >= 11 is 1.25. The van der Waals surface area contributed by atoms with Crippen molar-refractivity contribution in [1.82, 2.24) is 0 Å². The molecule has 1 unspecified atom stereocenters. The third-order valence-corrected chi connectivity index (χ3v) is 3.65. The van der Waals surface area contributed by atoms with Crippen LogP contribution in [-0.2, 0) is 12.6 Å². The van der Waals surface area contributed by atoms with Crippen LogP contribution in [0.1, 0.15) is 31.4 Å². The van der Waals surface area contributed by atoms with E-state index in [1.165, 1.54) is 17.8 Å². The van der Waals surface area contributed by atoms with Crippen molar-refractivity contribution in [3.8, 4) is 0 Å². The highest BCUT2D eigenvalue weighted by atomic mass is 32.2. The van der Waals surface area contributed by atoms with Crippen LogP contribution in [0, 0.1) is 0 Å². The Morgan fingerprint density at radius 2 is 2.00 bits per heavy atom. The highest BCUT2D eigenvalue weighted by molar-refractivity contribution is 7.99. The zero-order valence-electron chi connectivity index (χ0n) is 10.6. The first-order chi connectivity index (χ1) is 8.34. The van der Waals surface area contributed by atoms with E-state index in [1.54, 1.807) is 19.1 Å². The van der Waals surface area contributed by atoms with Gasteiger partial charge in [-0.15, -0.1) is 11.8 Å². The predicted octanol–water partition coefficient (Wildman–Crippen LogP) is 4.10. The van der Waals surface area contributed by atoms with Crippen LogP contribution < -0.4 is 5.73 Å². The van der Waals surface area contributed by atoms with E-state index in [0.717, 1.165) is 6.42 Å². The number of hydrogen-bond acceptors (Lipinski definition) is 2. The summed E-state index contributed by atoms with van der Waals surface area (Å²) in [6.45, 7) is 3.73. The Morgan fingerprint density at radius 1 is 1.33 bits per heavy atom. The highest BCUT2D eigenvalue weighted by Crippen LogP contribution is 2.37. The van der Waals surface area contributed by atoms with Gasteiger partial charge in [0.25, 0.3) is 0 Å². The van der Waals surface area contributed by atoms with Gasteiger partial charge in [-0.3, -0.25) is 0 Å². The molecule has 0 saturated heterocycles. The highest BCUT2D eigenvalue weighted by Gasteiger charge is 2.33. The minimum absolute atomic E-state index is 0.139. The molecule has 0 heterocycles. The lowest BCUT2D eigenvalue weighted by Gasteiger charge is -2.15. The van der Waals surface area contributed by atoms with Gasteiger partial charge in [0, 0.05) is 10.9 Å². The van der Waals surface area contributed by atoms with Crippen LogP contribution in [0.3, 0.4) is 0 Å². The number of alkyl halides is 3. The number of benzene rings is 1. The molecule has 18 heavy (non-hydrogen) atoms. The molecule has 0 spiro atoms. The number of nitrogens with two attached hydrogens (primary N) is 1. The summed E-state index contributed by atoms with van der Waals surface area (Å²) in [6, 6.07) is 4.37. The Labute approximate surface area is 110 Å². The Morgan fingerprint density at radius 3 is 2.50 bits per heavy atom. The van der Waals surface area contributed by atoms with E-state index in [2.05, 4.69) is 0 Å². The number of rotatable bonds is 5. The maximum Gasteiger partial charge on any atom is 0.417 e. The average molecular weight is 277 g/mol. The van der Waals surface area contributed by atoms with Crippen molar-refractivity contribution in [3.05, 3.63) is 29.3 Å². The van der Waals surface area contributed by atoms with E-state index in [9.17, 15) is 13.2 Å². The maximum atomic E-state index is 12.9. The third kappa shape index (κ3) is 4.53.